The van der Waals surface area contributed by atoms with Gasteiger partial charge in [0.25, 0.3) is 0 Å². The summed E-state index contributed by atoms with van der Waals surface area (Å²) in [5.74, 6) is 0. The molecule has 48 valence electrons. The van der Waals surface area contributed by atoms with Crippen molar-refractivity contribution in [1.29, 1.82) is 0 Å². The van der Waals surface area contributed by atoms with E-state index < -0.39 is 0 Å². The summed E-state index contributed by atoms with van der Waals surface area (Å²) < 4.78 is 0. The van der Waals surface area contributed by atoms with Crippen LogP contribution in [0, 0.1) is 0 Å². The van der Waals surface area contributed by atoms with Gasteiger partial charge in [-0.3, -0.25) is 0 Å². The highest BCUT2D eigenvalue weighted by Crippen LogP contribution is 1.94. The Hall–Kier alpha value is -0.300. The molecule has 2 N–H and O–H groups in total. The van der Waals surface area contributed by atoms with Crippen LogP contribution in [0.25, 0.3) is 0 Å². The van der Waals surface area contributed by atoms with Crippen molar-refractivity contribution >= 4 is 0 Å². The van der Waals surface area contributed by atoms with Crippen LogP contribution in [-0.2, 0) is 0 Å². The highest BCUT2D eigenvalue weighted by molar-refractivity contribution is 4.98. The zero-order valence-electron chi connectivity index (χ0n) is 5.78. The number of hydrogen-bond donors (Lipinski definition) is 1. The number of allylic oxidation sites excluding steroid dienone is 1. The molecule has 0 saturated carbocycles. The molecule has 0 bridgehead atoms. The fraction of sp³-hybridized carbons (Fsp3) is 0.714. The average molecular weight is 113 g/mol. The minimum atomic E-state index is 0.708. The highest BCUT2D eigenvalue weighted by atomic mass is 14.5. The molecule has 1 heteroatoms. The summed E-state index contributed by atoms with van der Waals surface area (Å²) in [5.41, 5.74) is 6.64. The summed E-state index contributed by atoms with van der Waals surface area (Å²) in [6.45, 7) is 4.94. The predicted octanol–water partition coefficient (Wildman–Crippen LogP) is 1.69. The van der Waals surface area contributed by atoms with Gasteiger partial charge in [0.15, 0.2) is 0 Å². The molecule has 0 aliphatic heterocycles. The van der Waals surface area contributed by atoms with Crippen molar-refractivity contribution in [2.24, 2.45) is 5.73 Å². The molecule has 0 saturated heterocycles. The summed E-state index contributed by atoms with van der Waals surface area (Å²) >= 11 is 0. The maximum Gasteiger partial charge on any atom is 0.0134 e. The number of rotatable bonds is 3. The van der Waals surface area contributed by atoms with Gasteiger partial charge in [0.05, 0.1) is 0 Å². The molecule has 0 atom stereocenters. The maximum atomic E-state index is 5.34. The van der Waals surface area contributed by atoms with Crippen LogP contribution < -0.4 is 5.73 Å². The third kappa shape index (κ3) is 3.88. The van der Waals surface area contributed by atoms with Gasteiger partial charge in [-0.05, 0) is 13.3 Å². The molecule has 0 spiro atoms. The summed E-state index contributed by atoms with van der Waals surface area (Å²) in [5, 5.41) is 0. The van der Waals surface area contributed by atoms with E-state index in [9.17, 15) is 0 Å². The molecule has 0 aromatic carbocycles. The van der Waals surface area contributed by atoms with E-state index in [2.05, 4.69) is 19.9 Å². The molecule has 0 aliphatic rings. The first-order chi connectivity index (χ1) is 3.81. The van der Waals surface area contributed by atoms with Crippen LogP contribution in [0.15, 0.2) is 11.6 Å². The molecule has 0 amide bonds. The van der Waals surface area contributed by atoms with Gasteiger partial charge in [0.1, 0.15) is 0 Å². The zero-order chi connectivity index (χ0) is 6.41. The average Bonchev–Trinajstić information content (AvgIpc) is 1.83. The number of nitrogens with two attached hydrogens (primary N) is 1. The lowest BCUT2D eigenvalue weighted by molar-refractivity contribution is 0.939. The van der Waals surface area contributed by atoms with Crippen molar-refractivity contribution < 1.29 is 0 Å². The van der Waals surface area contributed by atoms with Crippen LogP contribution in [0.5, 0.6) is 0 Å². The molecule has 0 heterocycles. The second-order valence-electron chi connectivity index (χ2n) is 2.04. The quantitative estimate of drug-likeness (QED) is 0.554. The third-order valence-corrected chi connectivity index (χ3v) is 1.10. The Morgan fingerprint density at radius 2 is 2.25 bits per heavy atom. The third-order valence-electron chi connectivity index (χ3n) is 1.10. The molecule has 0 rings (SSSR count). The molecule has 1 nitrogen and oxygen atoms in total. The first kappa shape index (κ1) is 7.70. The van der Waals surface area contributed by atoms with Crippen LogP contribution in [0.4, 0.5) is 0 Å². The smallest absolute Gasteiger partial charge is 0.0134 e. The molecule has 0 radical (unpaired) electrons. The van der Waals surface area contributed by atoms with Crippen LogP contribution in [-0.4, -0.2) is 6.54 Å². The van der Waals surface area contributed by atoms with E-state index in [-0.39, 0.29) is 0 Å². The van der Waals surface area contributed by atoms with E-state index in [0.29, 0.717) is 6.54 Å². The van der Waals surface area contributed by atoms with Gasteiger partial charge in [-0.1, -0.05) is 25.0 Å². The van der Waals surface area contributed by atoms with E-state index in [1.54, 1.807) is 0 Å². The largest absolute Gasteiger partial charge is 0.327 e. The molecule has 0 unspecified atom stereocenters. The van der Waals surface area contributed by atoms with Crippen LogP contribution in [0.3, 0.4) is 0 Å². The fourth-order valence-electron chi connectivity index (χ4n) is 0.474. The monoisotopic (exact) mass is 113 g/mol. The first-order valence-corrected chi connectivity index (χ1v) is 3.17. The molecule has 0 aromatic rings. The Labute approximate surface area is 51.6 Å². The Morgan fingerprint density at radius 3 is 2.62 bits per heavy atom. The Balaban J connectivity index is 3.26. The predicted molar refractivity (Wildman–Crippen MR) is 37.7 cm³/mol. The second kappa shape index (κ2) is 4.85. The van der Waals surface area contributed by atoms with Crippen molar-refractivity contribution in [3.8, 4) is 0 Å². The van der Waals surface area contributed by atoms with Crippen molar-refractivity contribution in [3.63, 3.8) is 0 Å². The van der Waals surface area contributed by atoms with E-state index in [1.165, 1.54) is 18.4 Å². The summed E-state index contributed by atoms with van der Waals surface area (Å²) in [7, 11) is 0. The molecule has 0 aromatic heterocycles. The SMILES string of the molecule is CCC/C=C(/C)CN. The lowest BCUT2D eigenvalue weighted by Crippen LogP contribution is -1.99. The molecule has 8 heavy (non-hydrogen) atoms. The van der Waals surface area contributed by atoms with Gasteiger partial charge in [0, 0.05) is 6.54 Å². The van der Waals surface area contributed by atoms with Crippen LogP contribution in [0.1, 0.15) is 26.7 Å². The molecular weight excluding hydrogens is 98.1 g/mol. The number of unbranched alkanes of at least 4 members (excludes halogenated alkanes) is 1. The van der Waals surface area contributed by atoms with E-state index >= 15 is 0 Å². The number of hydrogen-bond acceptors (Lipinski definition) is 1. The van der Waals surface area contributed by atoms with Gasteiger partial charge in [-0.25, -0.2) is 0 Å². The van der Waals surface area contributed by atoms with Gasteiger partial charge in [-0.15, -0.1) is 0 Å². The highest BCUT2D eigenvalue weighted by Gasteiger charge is 1.79. The molecular formula is C7H15N. The summed E-state index contributed by atoms with van der Waals surface area (Å²) in [4.78, 5) is 0. The van der Waals surface area contributed by atoms with Gasteiger partial charge in [-0.2, -0.15) is 0 Å². The Kier molecular flexibility index (Phi) is 4.67. The maximum absolute atomic E-state index is 5.34. The van der Waals surface area contributed by atoms with Crippen LogP contribution >= 0.6 is 0 Å². The lowest BCUT2D eigenvalue weighted by atomic mass is 10.2. The Bertz CT molecular complexity index is 74.5. The normalized spacial score (nSPS) is 12.1. The lowest BCUT2D eigenvalue weighted by Gasteiger charge is -1.91. The van der Waals surface area contributed by atoms with E-state index in [0.717, 1.165) is 0 Å². The van der Waals surface area contributed by atoms with Gasteiger partial charge < -0.3 is 5.73 Å². The molecule has 0 aliphatic carbocycles. The van der Waals surface area contributed by atoms with Crippen molar-refractivity contribution in [3.05, 3.63) is 11.6 Å². The van der Waals surface area contributed by atoms with Gasteiger partial charge >= 0.3 is 0 Å². The van der Waals surface area contributed by atoms with Gasteiger partial charge in [0.2, 0.25) is 0 Å². The summed E-state index contributed by atoms with van der Waals surface area (Å²) in [6.07, 6.45) is 4.58. The fourth-order valence-corrected chi connectivity index (χ4v) is 0.474. The van der Waals surface area contributed by atoms with E-state index in [1.807, 2.05) is 0 Å². The minimum absolute atomic E-state index is 0.708. The zero-order valence-corrected chi connectivity index (χ0v) is 5.78. The van der Waals surface area contributed by atoms with Crippen molar-refractivity contribution in [2.45, 2.75) is 26.7 Å². The van der Waals surface area contributed by atoms with Crippen molar-refractivity contribution in [2.75, 3.05) is 6.54 Å². The standard InChI is InChI=1S/C7H15N/c1-3-4-5-7(2)6-8/h5H,3-4,6,8H2,1-2H3/b7-5-. The summed E-state index contributed by atoms with van der Waals surface area (Å²) in [6, 6.07) is 0. The molecule has 0 fully saturated rings. The minimum Gasteiger partial charge on any atom is -0.327 e. The van der Waals surface area contributed by atoms with Crippen molar-refractivity contribution in [1.82, 2.24) is 0 Å². The Morgan fingerprint density at radius 1 is 1.62 bits per heavy atom. The van der Waals surface area contributed by atoms with E-state index in [4.69, 9.17) is 5.73 Å². The second-order valence-corrected chi connectivity index (χ2v) is 2.04. The van der Waals surface area contributed by atoms with Crippen LogP contribution in [0.2, 0.25) is 0 Å². The first-order valence-electron chi connectivity index (χ1n) is 3.17. The topological polar surface area (TPSA) is 26.0 Å².